The number of carboxylic acids is 1. The molecule has 0 radical (unpaired) electrons. The Balaban J connectivity index is 1.40. The van der Waals surface area contributed by atoms with Crippen molar-refractivity contribution in [1.29, 1.82) is 0 Å². The second kappa shape index (κ2) is 5.44. The van der Waals surface area contributed by atoms with E-state index in [1.807, 2.05) is 0 Å². The van der Waals surface area contributed by atoms with Gasteiger partial charge in [0.05, 0.1) is 12.0 Å². The predicted molar refractivity (Wildman–Crippen MR) is 73.3 cm³/mol. The largest absolute Gasteiger partial charge is 0.481 e. The summed E-state index contributed by atoms with van der Waals surface area (Å²) in [5, 5.41) is 14.7. The zero-order valence-corrected chi connectivity index (χ0v) is 11.4. The third-order valence-corrected chi connectivity index (χ3v) is 4.34. The molecule has 0 aromatic carbocycles. The number of carbonyl (C=O) groups excluding carboxylic acids is 1. The Morgan fingerprint density at radius 3 is 2.60 bits per heavy atom. The van der Waals surface area contributed by atoms with Crippen molar-refractivity contribution in [3.63, 3.8) is 0 Å². The van der Waals surface area contributed by atoms with Crippen LogP contribution in [-0.4, -0.2) is 53.2 Å². The van der Waals surface area contributed by atoms with Gasteiger partial charge < -0.3 is 15.7 Å². The molecule has 2 amide bonds. The van der Waals surface area contributed by atoms with Crippen LogP contribution < -0.4 is 10.6 Å². The molecule has 0 aromatic rings. The quantitative estimate of drug-likeness (QED) is 0.656. The SMILES string of the molecule is O=C(NC1C=CC(C(=O)O)C1)NC1CCN(C2CC2)C1. The van der Waals surface area contributed by atoms with Crippen LogP contribution in [0.25, 0.3) is 0 Å². The number of hydrogen-bond acceptors (Lipinski definition) is 3. The summed E-state index contributed by atoms with van der Waals surface area (Å²) >= 11 is 0. The molecular formula is C14H21N3O3. The Labute approximate surface area is 118 Å². The second-order valence-electron chi connectivity index (χ2n) is 6.00. The molecule has 2 fully saturated rings. The second-order valence-corrected chi connectivity index (χ2v) is 6.00. The molecule has 0 spiro atoms. The minimum atomic E-state index is -0.832. The zero-order chi connectivity index (χ0) is 14.1. The molecule has 6 heteroatoms. The van der Waals surface area contributed by atoms with Gasteiger partial charge in [0.2, 0.25) is 0 Å². The van der Waals surface area contributed by atoms with Crippen molar-refractivity contribution >= 4 is 12.0 Å². The molecule has 0 aromatic heterocycles. The van der Waals surface area contributed by atoms with Crippen LogP contribution in [0, 0.1) is 5.92 Å². The molecule has 1 heterocycles. The summed E-state index contributed by atoms with van der Waals surface area (Å²) in [5.41, 5.74) is 0. The molecule has 3 aliphatic rings. The van der Waals surface area contributed by atoms with Gasteiger partial charge in [-0.2, -0.15) is 0 Å². The fourth-order valence-corrected chi connectivity index (χ4v) is 3.06. The van der Waals surface area contributed by atoms with Gasteiger partial charge in [-0.3, -0.25) is 9.69 Å². The maximum atomic E-state index is 11.9. The van der Waals surface area contributed by atoms with E-state index >= 15 is 0 Å². The Hall–Kier alpha value is -1.56. The summed E-state index contributed by atoms with van der Waals surface area (Å²) in [6.45, 7) is 2.01. The number of aliphatic carboxylic acids is 1. The number of carbonyl (C=O) groups is 2. The fourth-order valence-electron chi connectivity index (χ4n) is 3.06. The van der Waals surface area contributed by atoms with Crippen LogP contribution in [-0.2, 0) is 4.79 Å². The lowest BCUT2D eigenvalue weighted by atomic mass is 10.1. The van der Waals surface area contributed by atoms with Crippen molar-refractivity contribution in [2.45, 2.75) is 43.8 Å². The minimum Gasteiger partial charge on any atom is -0.481 e. The molecule has 3 unspecified atom stereocenters. The molecule has 2 aliphatic carbocycles. The van der Waals surface area contributed by atoms with Crippen LogP contribution in [0.4, 0.5) is 4.79 Å². The van der Waals surface area contributed by atoms with Crippen molar-refractivity contribution < 1.29 is 14.7 Å². The number of amides is 2. The average Bonchev–Trinajstić information content (AvgIpc) is 2.96. The summed E-state index contributed by atoms with van der Waals surface area (Å²) < 4.78 is 0. The highest BCUT2D eigenvalue weighted by Gasteiger charge is 2.35. The highest BCUT2D eigenvalue weighted by Crippen LogP contribution is 2.29. The zero-order valence-electron chi connectivity index (χ0n) is 11.4. The number of likely N-dealkylation sites (tertiary alicyclic amines) is 1. The lowest BCUT2D eigenvalue weighted by molar-refractivity contribution is -0.140. The van der Waals surface area contributed by atoms with E-state index in [2.05, 4.69) is 15.5 Å². The van der Waals surface area contributed by atoms with E-state index in [9.17, 15) is 9.59 Å². The maximum absolute atomic E-state index is 11.9. The maximum Gasteiger partial charge on any atom is 0.315 e. The molecule has 1 saturated heterocycles. The van der Waals surface area contributed by atoms with E-state index in [4.69, 9.17) is 5.11 Å². The van der Waals surface area contributed by atoms with E-state index in [1.165, 1.54) is 12.8 Å². The van der Waals surface area contributed by atoms with E-state index in [0.29, 0.717) is 6.42 Å². The van der Waals surface area contributed by atoms with Crippen molar-refractivity contribution in [3.8, 4) is 0 Å². The van der Waals surface area contributed by atoms with Gasteiger partial charge in [-0.1, -0.05) is 12.2 Å². The topological polar surface area (TPSA) is 81.7 Å². The van der Waals surface area contributed by atoms with Gasteiger partial charge in [-0.05, 0) is 25.7 Å². The smallest absolute Gasteiger partial charge is 0.315 e. The first kappa shape index (κ1) is 13.4. The lowest BCUT2D eigenvalue weighted by Crippen LogP contribution is -2.46. The molecule has 1 saturated carbocycles. The Kier molecular flexibility index (Phi) is 3.65. The Morgan fingerprint density at radius 2 is 1.95 bits per heavy atom. The number of hydrogen-bond donors (Lipinski definition) is 3. The molecule has 6 nitrogen and oxygen atoms in total. The van der Waals surface area contributed by atoms with Crippen LogP contribution in [0.15, 0.2) is 12.2 Å². The number of rotatable bonds is 4. The first-order valence-corrected chi connectivity index (χ1v) is 7.34. The van der Waals surface area contributed by atoms with Crippen molar-refractivity contribution in [3.05, 3.63) is 12.2 Å². The third-order valence-electron chi connectivity index (χ3n) is 4.34. The lowest BCUT2D eigenvalue weighted by Gasteiger charge is -2.18. The molecular weight excluding hydrogens is 258 g/mol. The van der Waals surface area contributed by atoms with Crippen LogP contribution in [0.1, 0.15) is 25.7 Å². The van der Waals surface area contributed by atoms with E-state index < -0.39 is 11.9 Å². The summed E-state index contributed by atoms with van der Waals surface area (Å²) in [6, 6.07) is 0.612. The molecule has 3 N–H and O–H groups in total. The summed E-state index contributed by atoms with van der Waals surface area (Å²) in [6.07, 6.45) is 7.45. The van der Waals surface area contributed by atoms with Gasteiger partial charge in [0.1, 0.15) is 0 Å². The van der Waals surface area contributed by atoms with Crippen molar-refractivity contribution in [2.75, 3.05) is 13.1 Å². The first-order valence-electron chi connectivity index (χ1n) is 7.34. The fraction of sp³-hybridized carbons (Fsp3) is 0.714. The molecule has 0 bridgehead atoms. The number of nitrogens with zero attached hydrogens (tertiary/aromatic N) is 1. The monoisotopic (exact) mass is 279 g/mol. The van der Waals surface area contributed by atoms with Crippen molar-refractivity contribution in [2.24, 2.45) is 5.92 Å². The summed E-state index contributed by atoms with van der Waals surface area (Å²) in [5.74, 6) is -1.31. The molecule has 3 atom stereocenters. The van der Waals surface area contributed by atoms with Crippen LogP contribution in [0.5, 0.6) is 0 Å². The summed E-state index contributed by atoms with van der Waals surface area (Å²) in [7, 11) is 0. The standard InChI is InChI=1S/C14H21N3O3/c18-13(19)9-1-2-10(7-9)15-14(20)16-11-5-6-17(8-11)12-3-4-12/h1-2,9-12H,3-8H2,(H,18,19)(H2,15,16,20). The van der Waals surface area contributed by atoms with Gasteiger partial charge in [-0.25, -0.2) is 4.79 Å². The van der Waals surface area contributed by atoms with Gasteiger partial charge in [0.15, 0.2) is 0 Å². The van der Waals surface area contributed by atoms with Crippen LogP contribution >= 0.6 is 0 Å². The third kappa shape index (κ3) is 3.12. The Bertz CT molecular complexity index is 433. The van der Waals surface area contributed by atoms with Gasteiger partial charge >= 0.3 is 12.0 Å². The normalized spacial score (nSPS) is 33.3. The average molecular weight is 279 g/mol. The van der Waals surface area contributed by atoms with Gasteiger partial charge in [0.25, 0.3) is 0 Å². The van der Waals surface area contributed by atoms with E-state index in [1.54, 1.807) is 12.2 Å². The van der Waals surface area contributed by atoms with Gasteiger partial charge in [-0.15, -0.1) is 0 Å². The molecule has 110 valence electrons. The summed E-state index contributed by atoms with van der Waals surface area (Å²) in [4.78, 5) is 25.2. The highest BCUT2D eigenvalue weighted by atomic mass is 16.4. The predicted octanol–water partition coefficient (Wildman–Crippen LogP) is 0.552. The van der Waals surface area contributed by atoms with Crippen molar-refractivity contribution in [1.82, 2.24) is 15.5 Å². The molecule has 3 rings (SSSR count). The minimum absolute atomic E-state index is 0.169. The van der Waals surface area contributed by atoms with E-state index in [-0.39, 0.29) is 18.1 Å². The van der Waals surface area contributed by atoms with E-state index in [0.717, 1.165) is 25.6 Å². The number of nitrogens with one attached hydrogen (secondary N) is 2. The molecule has 1 aliphatic heterocycles. The Morgan fingerprint density at radius 1 is 1.15 bits per heavy atom. The molecule has 20 heavy (non-hydrogen) atoms. The number of carboxylic acid groups (broad SMARTS) is 1. The highest BCUT2D eigenvalue weighted by molar-refractivity contribution is 5.76. The van der Waals surface area contributed by atoms with Crippen LogP contribution in [0.3, 0.4) is 0 Å². The van der Waals surface area contributed by atoms with Crippen LogP contribution in [0.2, 0.25) is 0 Å². The first-order chi connectivity index (χ1) is 9.61. The van der Waals surface area contributed by atoms with Gasteiger partial charge in [0, 0.05) is 25.2 Å². The number of urea groups is 1.